The van der Waals surface area contributed by atoms with Crippen LogP contribution >= 0.6 is 0 Å². The van der Waals surface area contributed by atoms with Crippen molar-refractivity contribution in [3.63, 3.8) is 0 Å². The van der Waals surface area contributed by atoms with Gasteiger partial charge in [-0.2, -0.15) is 9.61 Å². The van der Waals surface area contributed by atoms with Crippen LogP contribution in [0.15, 0.2) is 43.0 Å². The molecule has 8 nitrogen and oxygen atoms in total. The minimum Gasteiger partial charge on any atom is -0.391 e. The van der Waals surface area contributed by atoms with Crippen molar-refractivity contribution in [3.05, 3.63) is 48.7 Å². The van der Waals surface area contributed by atoms with Crippen LogP contribution in [0.25, 0.3) is 16.7 Å². The Balaban J connectivity index is 1.30. The van der Waals surface area contributed by atoms with Crippen molar-refractivity contribution in [2.24, 2.45) is 11.8 Å². The van der Waals surface area contributed by atoms with E-state index in [1.807, 2.05) is 24.5 Å². The van der Waals surface area contributed by atoms with Gasteiger partial charge in [-0.05, 0) is 49.3 Å². The average molecular weight is 403 g/mol. The third kappa shape index (κ3) is 2.70. The lowest BCUT2D eigenvalue weighted by molar-refractivity contribution is 0.0375. The molecule has 154 valence electrons. The van der Waals surface area contributed by atoms with Gasteiger partial charge < -0.3 is 14.6 Å². The van der Waals surface area contributed by atoms with Crippen LogP contribution in [0.2, 0.25) is 0 Å². The van der Waals surface area contributed by atoms with E-state index in [9.17, 15) is 5.11 Å². The van der Waals surface area contributed by atoms with E-state index in [-0.39, 0.29) is 12.1 Å². The van der Waals surface area contributed by atoms with Crippen LogP contribution in [-0.2, 0) is 6.42 Å². The number of fused-ring (bicyclic) bond motifs is 3. The van der Waals surface area contributed by atoms with Gasteiger partial charge in [-0.3, -0.25) is 0 Å². The van der Waals surface area contributed by atoms with Gasteiger partial charge in [0.25, 0.3) is 0 Å². The van der Waals surface area contributed by atoms with Crippen LogP contribution in [0.4, 0.5) is 5.69 Å². The topological polar surface area (TPSA) is 84.4 Å². The Bertz CT molecular complexity index is 1210. The summed E-state index contributed by atoms with van der Waals surface area (Å²) in [6, 6.07) is 10.4. The zero-order chi connectivity index (χ0) is 20.2. The molecular formula is C22H25N7O. The highest BCUT2D eigenvalue weighted by atomic mass is 16.3. The highest BCUT2D eigenvalue weighted by Gasteiger charge is 2.43. The van der Waals surface area contributed by atoms with Gasteiger partial charge in [-0.15, -0.1) is 10.2 Å². The summed E-state index contributed by atoms with van der Waals surface area (Å²) in [5.41, 5.74) is 5.03. The summed E-state index contributed by atoms with van der Waals surface area (Å²) < 4.78 is 3.96. The molecule has 4 aromatic rings. The van der Waals surface area contributed by atoms with Crippen molar-refractivity contribution in [1.82, 2.24) is 29.4 Å². The lowest BCUT2D eigenvalue weighted by Crippen LogP contribution is -2.36. The second kappa shape index (κ2) is 6.77. The number of hydrogen-bond donors (Lipinski definition) is 1. The fourth-order valence-corrected chi connectivity index (χ4v) is 5.41. The number of imidazole rings is 1. The summed E-state index contributed by atoms with van der Waals surface area (Å²) in [5, 5.41) is 24.0. The van der Waals surface area contributed by atoms with Gasteiger partial charge in [0.05, 0.1) is 40.9 Å². The zero-order valence-corrected chi connectivity index (χ0v) is 17.0. The van der Waals surface area contributed by atoms with E-state index < -0.39 is 0 Å². The molecule has 30 heavy (non-hydrogen) atoms. The second-order valence-corrected chi connectivity index (χ2v) is 8.65. The number of benzene rings is 1. The van der Waals surface area contributed by atoms with Gasteiger partial charge in [-0.25, -0.2) is 4.98 Å². The molecule has 0 amide bonds. The molecule has 4 atom stereocenters. The predicted molar refractivity (Wildman–Crippen MR) is 113 cm³/mol. The van der Waals surface area contributed by atoms with Crippen LogP contribution in [0.5, 0.6) is 0 Å². The molecule has 4 heterocycles. The molecule has 2 fully saturated rings. The summed E-state index contributed by atoms with van der Waals surface area (Å²) in [5.74, 6) is 1.01. The molecule has 2 aliphatic rings. The first-order valence-corrected chi connectivity index (χ1v) is 10.8. The maximum absolute atomic E-state index is 11.0. The quantitative estimate of drug-likeness (QED) is 0.566. The molecule has 1 aromatic carbocycles. The largest absolute Gasteiger partial charge is 0.391 e. The number of anilines is 1. The summed E-state index contributed by atoms with van der Waals surface area (Å²) in [4.78, 5) is 6.96. The molecule has 1 saturated heterocycles. The number of aromatic nitrogens is 6. The summed E-state index contributed by atoms with van der Waals surface area (Å²) in [6.45, 7) is 4.02. The Morgan fingerprint density at radius 1 is 1.10 bits per heavy atom. The third-order valence-electron chi connectivity index (χ3n) is 6.95. The summed E-state index contributed by atoms with van der Waals surface area (Å²) >= 11 is 0. The normalized spacial score (nSPS) is 26.5. The number of aryl methyl sites for hydroxylation is 1. The predicted octanol–water partition coefficient (Wildman–Crippen LogP) is 2.48. The van der Waals surface area contributed by atoms with Crippen molar-refractivity contribution in [2.75, 3.05) is 18.0 Å². The molecule has 1 N–H and O–H groups in total. The van der Waals surface area contributed by atoms with E-state index in [0.29, 0.717) is 11.8 Å². The van der Waals surface area contributed by atoms with E-state index in [1.165, 1.54) is 0 Å². The smallest absolute Gasteiger partial charge is 0.200 e. The van der Waals surface area contributed by atoms with Crippen LogP contribution in [0, 0.1) is 11.8 Å². The Hall–Kier alpha value is -3.00. The number of nitrogens with zero attached hydrogens (tertiary/aromatic N) is 7. The molecule has 8 heteroatoms. The molecule has 6 rings (SSSR count). The molecule has 3 aromatic heterocycles. The summed E-state index contributed by atoms with van der Waals surface area (Å²) in [6.07, 6.45) is 5.84. The van der Waals surface area contributed by atoms with E-state index in [4.69, 9.17) is 0 Å². The van der Waals surface area contributed by atoms with Gasteiger partial charge in [0.1, 0.15) is 6.33 Å². The van der Waals surface area contributed by atoms with E-state index >= 15 is 0 Å². The SMILES string of the molecule is CCc1cc(N2C[C@H]3C[C@@H](n4cnc5ccccc54)[C@H](O)C[C@H]3C2)c2nncn2n1. The Kier molecular flexibility index (Phi) is 4.02. The molecule has 0 unspecified atom stereocenters. The first-order valence-electron chi connectivity index (χ1n) is 10.8. The fraction of sp³-hybridized carbons (Fsp3) is 0.455. The Morgan fingerprint density at radius 3 is 2.80 bits per heavy atom. The van der Waals surface area contributed by atoms with E-state index in [0.717, 1.165) is 60.4 Å². The van der Waals surface area contributed by atoms with Crippen molar-refractivity contribution in [2.45, 2.75) is 38.3 Å². The van der Waals surface area contributed by atoms with Crippen molar-refractivity contribution in [1.29, 1.82) is 0 Å². The van der Waals surface area contributed by atoms with Crippen LogP contribution < -0.4 is 4.90 Å². The number of aliphatic hydroxyl groups excluding tert-OH is 1. The van der Waals surface area contributed by atoms with Gasteiger partial charge in [0, 0.05) is 13.1 Å². The van der Waals surface area contributed by atoms with Gasteiger partial charge in [0.2, 0.25) is 5.65 Å². The number of para-hydroxylation sites is 2. The third-order valence-corrected chi connectivity index (χ3v) is 6.95. The van der Waals surface area contributed by atoms with E-state index in [2.05, 4.69) is 48.8 Å². The monoisotopic (exact) mass is 403 g/mol. The first kappa shape index (κ1) is 17.8. The number of rotatable bonds is 3. The average Bonchev–Trinajstić information content (AvgIpc) is 3.49. The minimum atomic E-state index is -0.361. The van der Waals surface area contributed by atoms with Crippen LogP contribution in [0.3, 0.4) is 0 Å². The Morgan fingerprint density at radius 2 is 1.93 bits per heavy atom. The highest BCUT2D eigenvalue weighted by Crippen LogP contribution is 2.43. The van der Waals surface area contributed by atoms with Crippen LogP contribution in [-0.4, -0.2) is 53.7 Å². The van der Waals surface area contributed by atoms with Gasteiger partial charge in [0.15, 0.2) is 0 Å². The number of aliphatic hydroxyl groups is 1. The molecule has 1 aliphatic heterocycles. The highest BCUT2D eigenvalue weighted by molar-refractivity contribution is 5.75. The first-order chi connectivity index (χ1) is 14.7. The molecule has 1 saturated carbocycles. The molecular weight excluding hydrogens is 378 g/mol. The maximum Gasteiger partial charge on any atom is 0.200 e. The van der Waals surface area contributed by atoms with Gasteiger partial charge >= 0.3 is 0 Å². The molecule has 0 bridgehead atoms. The maximum atomic E-state index is 11.0. The number of hydrogen-bond acceptors (Lipinski definition) is 6. The van der Waals surface area contributed by atoms with Gasteiger partial charge in [-0.1, -0.05) is 19.1 Å². The van der Waals surface area contributed by atoms with E-state index in [1.54, 1.807) is 10.8 Å². The van der Waals surface area contributed by atoms with Crippen LogP contribution in [0.1, 0.15) is 31.5 Å². The minimum absolute atomic E-state index is 0.0651. The molecule has 0 spiro atoms. The molecule has 1 aliphatic carbocycles. The van der Waals surface area contributed by atoms with Crippen molar-refractivity contribution in [3.8, 4) is 0 Å². The zero-order valence-electron chi connectivity index (χ0n) is 17.0. The lowest BCUT2D eigenvalue weighted by Gasteiger charge is -2.36. The molecule has 0 radical (unpaired) electrons. The standard InChI is InChI=1S/C22H25N7O/c1-2-16-9-20(22-25-24-13-29(22)26-16)27-10-14-7-19(21(30)8-15(14)11-27)28-12-23-17-5-3-4-6-18(17)28/h3-6,9,12-15,19,21,30H,2,7-8,10-11H2,1H3/t14-,15+,19-,21-/m1/s1. The Labute approximate surface area is 174 Å². The van der Waals surface area contributed by atoms with Crippen molar-refractivity contribution < 1.29 is 5.11 Å². The van der Waals surface area contributed by atoms with Crippen molar-refractivity contribution >= 4 is 22.4 Å². The fourth-order valence-electron chi connectivity index (χ4n) is 5.41. The lowest BCUT2D eigenvalue weighted by atomic mass is 9.77. The second-order valence-electron chi connectivity index (χ2n) is 8.65. The summed E-state index contributed by atoms with van der Waals surface area (Å²) in [7, 11) is 0.